The maximum atomic E-state index is 12.0. The summed E-state index contributed by atoms with van der Waals surface area (Å²) in [6.45, 7) is 0. The van der Waals surface area contributed by atoms with Crippen LogP contribution in [-0.2, 0) is 9.59 Å². The normalized spacial score (nSPS) is 11.0. The van der Waals surface area contributed by atoms with Crippen molar-refractivity contribution in [3.63, 3.8) is 0 Å². The number of rotatable bonds is 9. The van der Waals surface area contributed by atoms with Gasteiger partial charge >= 0.3 is 0 Å². The van der Waals surface area contributed by atoms with Crippen LogP contribution in [0.2, 0.25) is 0 Å². The second-order valence-corrected chi connectivity index (χ2v) is 5.85. The predicted molar refractivity (Wildman–Crippen MR) is 107 cm³/mol. The number of ether oxygens (including phenoxy) is 3. The van der Waals surface area contributed by atoms with E-state index in [0.29, 0.717) is 22.8 Å². The Hall–Kier alpha value is -3.54. The van der Waals surface area contributed by atoms with Gasteiger partial charge in [0.25, 0.3) is 0 Å². The fourth-order valence-electron chi connectivity index (χ4n) is 2.39. The number of phenols is 1. The van der Waals surface area contributed by atoms with Gasteiger partial charge in [-0.3, -0.25) is 9.59 Å². The SMILES string of the molecule is COc1cc(C=CC(=O)CC(=O)C=Cc2ccc(O)c(OC)c2)cc(OC)c1. The average Bonchev–Trinajstić information content (AvgIpc) is 2.71. The van der Waals surface area contributed by atoms with Gasteiger partial charge in [0, 0.05) is 6.07 Å². The number of ketones is 2. The highest BCUT2D eigenvalue weighted by Crippen LogP contribution is 2.26. The lowest BCUT2D eigenvalue weighted by Gasteiger charge is -2.05. The van der Waals surface area contributed by atoms with Crippen molar-refractivity contribution in [1.82, 2.24) is 0 Å². The highest BCUT2D eigenvalue weighted by atomic mass is 16.5. The summed E-state index contributed by atoms with van der Waals surface area (Å²) in [5.41, 5.74) is 1.40. The molecule has 0 saturated heterocycles. The molecule has 0 aliphatic rings. The van der Waals surface area contributed by atoms with Gasteiger partial charge in [-0.2, -0.15) is 0 Å². The molecule has 2 rings (SSSR count). The first kappa shape index (κ1) is 20.8. The molecule has 0 aromatic heterocycles. The molecule has 0 saturated carbocycles. The number of hydrogen-bond acceptors (Lipinski definition) is 6. The Labute approximate surface area is 163 Å². The largest absolute Gasteiger partial charge is 0.504 e. The van der Waals surface area contributed by atoms with Gasteiger partial charge in [-0.1, -0.05) is 18.2 Å². The Bertz CT molecular complexity index is 889. The van der Waals surface area contributed by atoms with Crippen LogP contribution in [0.1, 0.15) is 17.5 Å². The van der Waals surface area contributed by atoms with Crippen molar-refractivity contribution in [3.8, 4) is 23.0 Å². The zero-order valence-corrected chi connectivity index (χ0v) is 16.0. The van der Waals surface area contributed by atoms with Crippen LogP contribution in [0.3, 0.4) is 0 Å². The summed E-state index contributed by atoms with van der Waals surface area (Å²) >= 11 is 0. The molecule has 0 aliphatic carbocycles. The Morgan fingerprint density at radius 1 is 0.821 bits per heavy atom. The predicted octanol–water partition coefficient (Wildman–Crippen LogP) is 3.67. The van der Waals surface area contributed by atoms with Crippen molar-refractivity contribution in [1.29, 1.82) is 0 Å². The van der Waals surface area contributed by atoms with Gasteiger partial charge in [0.15, 0.2) is 23.1 Å². The summed E-state index contributed by atoms with van der Waals surface area (Å²) in [6, 6.07) is 9.94. The molecule has 1 N–H and O–H groups in total. The molecule has 28 heavy (non-hydrogen) atoms. The van der Waals surface area contributed by atoms with Crippen LogP contribution in [0, 0.1) is 0 Å². The minimum atomic E-state index is -0.329. The highest BCUT2D eigenvalue weighted by Gasteiger charge is 2.06. The molecule has 0 amide bonds. The summed E-state index contributed by atoms with van der Waals surface area (Å²) in [5, 5.41) is 9.57. The Morgan fingerprint density at radius 2 is 1.39 bits per heavy atom. The fraction of sp³-hybridized carbons (Fsp3) is 0.182. The molecular weight excluding hydrogens is 360 g/mol. The number of allylic oxidation sites excluding steroid dienone is 2. The molecule has 0 heterocycles. The zero-order valence-electron chi connectivity index (χ0n) is 16.0. The minimum Gasteiger partial charge on any atom is -0.504 e. The molecule has 0 aliphatic heterocycles. The van der Waals surface area contributed by atoms with Crippen molar-refractivity contribution in [2.45, 2.75) is 6.42 Å². The van der Waals surface area contributed by atoms with Gasteiger partial charge in [-0.15, -0.1) is 0 Å². The van der Waals surface area contributed by atoms with Crippen LogP contribution in [0.5, 0.6) is 23.0 Å². The van der Waals surface area contributed by atoms with Gasteiger partial charge in [0.1, 0.15) is 11.5 Å². The third-order valence-corrected chi connectivity index (χ3v) is 3.85. The quantitative estimate of drug-likeness (QED) is 0.526. The maximum absolute atomic E-state index is 12.0. The van der Waals surface area contributed by atoms with E-state index in [9.17, 15) is 14.7 Å². The van der Waals surface area contributed by atoms with Gasteiger partial charge in [-0.25, -0.2) is 0 Å². The van der Waals surface area contributed by atoms with Crippen LogP contribution in [-0.4, -0.2) is 38.0 Å². The molecular formula is C22H22O6. The monoisotopic (exact) mass is 382 g/mol. The third-order valence-electron chi connectivity index (χ3n) is 3.85. The molecule has 0 spiro atoms. The molecule has 6 nitrogen and oxygen atoms in total. The van der Waals surface area contributed by atoms with E-state index in [4.69, 9.17) is 14.2 Å². The fourth-order valence-corrected chi connectivity index (χ4v) is 2.39. The first-order valence-corrected chi connectivity index (χ1v) is 8.47. The summed E-state index contributed by atoms with van der Waals surface area (Å²) in [7, 11) is 4.53. The van der Waals surface area contributed by atoms with E-state index < -0.39 is 0 Å². The van der Waals surface area contributed by atoms with Crippen molar-refractivity contribution in [2.75, 3.05) is 21.3 Å². The molecule has 2 aromatic rings. The Kier molecular flexibility index (Phi) is 7.39. The van der Waals surface area contributed by atoms with Crippen LogP contribution >= 0.6 is 0 Å². The second-order valence-electron chi connectivity index (χ2n) is 5.85. The summed E-state index contributed by atoms with van der Waals surface area (Å²) in [5.74, 6) is 0.886. The highest BCUT2D eigenvalue weighted by molar-refractivity contribution is 6.10. The number of benzene rings is 2. The van der Waals surface area contributed by atoms with Crippen LogP contribution in [0.15, 0.2) is 48.6 Å². The van der Waals surface area contributed by atoms with Crippen molar-refractivity contribution < 1.29 is 28.9 Å². The van der Waals surface area contributed by atoms with Crippen LogP contribution < -0.4 is 14.2 Å². The number of aromatic hydroxyl groups is 1. The molecule has 0 atom stereocenters. The number of phenolic OH excluding ortho intramolecular Hbond substituents is 1. The molecule has 6 heteroatoms. The van der Waals surface area contributed by atoms with E-state index in [0.717, 1.165) is 5.56 Å². The summed E-state index contributed by atoms with van der Waals surface area (Å²) < 4.78 is 15.4. The molecule has 0 unspecified atom stereocenters. The minimum absolute atomic E-state index is 0.0143. The topological polar surface area (TPSA) is 82.1 Å². The Morgan fingerprint density at radius 3 is 1.93 bits per heavy atom. The van der Waals surface area contributed by atoms with Crippen molar-refractivity contribution in [3.05, 3.63) is 59.7 Å². The first-order chi connectivity index (χ1) is 13.4. The van der Waals surface area contributed by atoms with E-state index in [1.54, 1.807) is 56.7 Å². The van der Waals surface area contributed by atoms with Crippen LogP contribution in [0.4, 0.5) is 0 Å². The third kappa shape index (κ3) is 6.02. The number of hydrogen-bond donors (Lipinski definition) is 1. The summed E-state index contributed by atoms with van der Waals surface area (Å²) in [4.78, 5) is 24.0. The first-order valence-electron chi connectivity index (χ1n) is 8.47. The number of carbonyl (C=O) groups excluding carboxylic acids is 2. The lowest BCUT2D eigenvalue weighted by molar-refractivity contribution is -0.121. The van der Waals surface area contributed by atoms with Gasteiger partial charge in [-0.05, 0) is 47.5 Å². The number of carbonyl (C=O) groups is 2. The lowest BCUT2D eigenvalue weighted by Crippen LogP contribution is -2.02. The van der Waals surface area contributed by atoms with E-state index in [2.05, 4.69) is 0 Å². The lowest BCUT2D eigenvalue weighted by atomic mass is 10.1. The molecule has 2 aromatic carbocycles. The average molecular weight is 382 g/mol. The molecule has 0 radical (unpaired) electrons. The van der Waals surface area contributed by atoms with Gasteiger partial charge in [0.05, 0.1) is 27.8 Å². The molecule has 0 bridgehead atoms. The zero-order chi connectivity index (χ0) is 20.5. The second kappa shape index (κ2) is 9.97. The van der Waals surface area contributed by atoms with Crippen LogP contribution in [0.25, 0.3) is 12.2 Å². The number of methoxy groups -OCH3 is 3. The Balaban J connectivity index is 1.99. The standard InChI is InChI=1S/C22H22O6/c1-26-19-10-16(11-20(14-19)27-2)5-8-18(24)13-17(23)7-4-15-6-9-21(25)22(12-15)28-3/h4-12,14,25H,13H2,1-3H3. The molecule has 0 fully saturated rings. The molecule has 146 valence electrons. The smallest absolute Gasteiger partial charge is 0.163 e. The van der Waals surface area contributed by atoms with Crippen molar-refractivity contribution in [2.24, 2.45) is 0 Å². The van der Waals surface area contributed by atoms with Gasteiger partial charge < -0.3 is 19.3 Å². The summed E-state index contributed by atoms with van der Waals surface area (Å²) in [6.07, 6.45) is 5.60. The van der Waals surface area contributed by atoms with E-state index in [1.807, 2.05) is 0 Å². The van der Waals surface area contributed by atoms with Crippen molar-refractivity contribution >= 4 is 23.7 Å². The maximum Gasteiger partial charge on any atom is 0.163 e. The van der Waals surface area contributed by atoms with E-state index in [1.165, 1.54) is 25.3 Å². The van der Waals surface area contributed by atoms with E-state index >= 15 is 0 Å². The van der Waals surface area contributed by atoms with E-state index in [-0.39, 0.29) is 23.7 Å². The van der Waals surface area contributed by atoms with Gasteiger partial charge in [0.2, 0.25) is 0 Å².